The summed E-state index contributed by atoms with van der Waals surface area (Å²) in [7, 11) is 0. The van der Waals surface area contributed by atoms with Gasteiger partial charge in [-0.15, -0.1) is 11.3 Å². The molecule has 9 aromatic rings. The summed E-state index contributed by atoms with van der Waals surface area (Å²) in [6.45, 7) is 0. The van der Waals surface area contributed by atoms with Gasteiger partial charge < -0.3 is 9.13 Å². The van der Waals surface area contributed by atoms with Crippen LogP contribution >= 0.6 is 11.3 Å². The Balaban J connectivity index is 1.37. The van der Waals surface area contributed by atoms with Crippen molar-refractivity contribution in [2.45, 2.75) is 0 Å². The number of fused-ring (bicyclic) bond motifs is 9. The molecule has 39 heavy (non-hydrogen) atoms. The van der Waals surface area contributed by atoms with E-state index in [0.717, 1.165) is 5.69 Å². The number of para-hydroxylation sites is 3. The van der Waals surface area contributed by atoms with Crippen LogP contribution in [-0.4, -0.2) is 9.13 Å². The van der Waals surface area contributed by atoms with E-state index >= 15 is 0 Å². The number of benzene rings is 6. The van der Waals surface area contributed by atoms with Gasteiger partial charge in [0.25, 0.3) is 0 Å². The second kappa shape index (κ2) is 7.83. The molecule has 0 aliphatic carbocycles. The van der Waals surface area contributed by atoms with Gasteiger partial charge in [-0.3, -0.25) is 0 Å². The molecule has 0 N–H and O–H groups in total. The Labute approximate surface area is 228 Å². The normalized spacial score (nSPS) is 12.1. The second-order valence-electron chi connectivity index (χ2n) is 10.2. The summed E-state index contributed by atoms with van der Waals surface area (Å²) >= 11 is 1.88. The number of thiophene rings is 1. The fourth-order valence-electron chi connectivity index (χ4n) is 6.44. The van der Waals surface area contributed by atoms with E-state index in [1.165, 1.54) is 69.5 Å². The van der Waals surface area contributed by atoms with E-state index in [2.05, 4.69) is 143 Å². The van der Waals surface area contributed by atoms with Crippen molar-refractivity contribution in [3.05, 3.63) is 133 Å². The fraction of sp³-hybridized carbons (Fsp3) is 0. The Morgan fingerprint density at radius 1 is 0.333 bits per heavy atom. The van der Waals surface area contributed by atoms with Gasteiger partial charge in [0.2, 0.25) is 0 Å². The van der Waals surface area contributed by atoms with E-state index in [-0.39, 0.29) is 0 Å². The van der Waals surface area contributed by atoms with E-state index in [0.29, 0.717) is 0 Å². The van der Waals surface area contributed by atoms with Crippen LogP contribution in [0.3, 0.4) is 0 Å². The molecule has 0 aliphatic heterocycles. The molecule has 3 heteroatoms. The molecule has 3 heterocycles. The van der Waals surface area contributed by atoms with Crippen LogP contribution in [0, 0.1) is 0 Å². The number of hydrogen-bond acceptors (Lipinski definition) is 1. The van der Waals surface area contributed by atoms with Crippen molar-refractivity contribution in [2.24, 2.45) is 0 Å². The van der Waals surface area contributed by atoms with Crippen molar-refractivity contribution >= 4 is 75.1 Å². The minimum Gasteiger partial charge on any atom is -0.309 e. The lowest BCUT2D eigenvalue weighted by Crippen LogP contribution is -1.98. The summed E-state index contributed by atoms with van der Waals surface area (Å²) in [5, 5.41) is 7.80. The van der Waals surface area contributed by atoms with Crippen molar-refractivity contribution in [1.29, 1.82) is 0 Å². The van der Waals surface area contributed by atoms with E-state index < -0.39 is 0 Å². The molecule has 0 saturated heterocycles. The third kappa shape index (κ3) is 2.91. The van der Waals surface area contributed by atoms with Gasteiger partial charge in [-0.2, -0.15) is 0 Å². The minimum atomic E-state index is 1.16. The monoisotopic (exact) mass is 514 g/mol. The Morgan fingerprint density at radius 2 is 0.846 bits per heavy atom. The van der Waals surface area contributed by atoms with E-state index in [9.17, 15) is 0 Å². The predicted octanol–water partition coefficient (Wildman–Crippen LogP) is 10.2. The van der Waals surface area contributed by atoms with Gasteiger partial charge in [0, 0.05) is 53.1 Å². The Hall–Kier alpha value is -4.86. The molecule has 0 fully saturated rings. The SMILES string of the molecule is c1cc(-n2c3ccccc3c3ccccc32)cc(-n2c3ccccc3c3cc4sc5ccccc5c4cc32)c1. The zero-order valence-electron chi connectivity index (χ0n) is 21.0. The molecule has 2 nitrogen and oxygen atoms in total. The molecular formula is C36H22N2S. The lowest BCUT2D eigenvalue weighted by atomic mass is 10.1. The second-order valence-corrected chi connectivity index (χ2v) is 11.3. The highest BCUT2D eigenvalue weighted by Crippen LogP contribution is 2.41. The van der Waals surface area contributed by atoms with E-state index in [1.807, 2.05) is 11.3 Å². The van der Waals surface area contributed by atoms with E-state index in [4.69, 9.17) is 0 Å². The molecular weight excluding hydrogens is 492 g/mol. The van der Waals surface area contributed by atoms with Gasteiger partial charge >= 0.3 is 0 Å². The highest BCUT2D eigenvalue weighted by molar-refractivity contribution is 7.25. The van der Waals surface area contributed by atoms with Gasteiger partial charge in [-0.05, 0) is 54.6 Å². The summed E-state index contributed by atoms with van der Waals surface area (Å²) in [5.41, 5.74) is 7.26. The van der Waals surface area contributed by atoms with Crippen LogP contribution in [0.5, 0.6) is 0 Å². The molecule has 0 spiro atoms. The van der Waals surface area contributed by atoms with Gasteiger partial charge in [-0.25, -0.2) is 0 Å². The van der Waals surface area contributed by atoms with Crippen LogP contribution < -0.4 is 0 Å². The molecule has 0 saturated carbocycles. The van der Waals surface area contributed by atoms with Crippen molar-refractivity contribution < 1.29 is 0 Å². The van der Waals surface area contributed by atoms with E-state index in [1.54, 1.807) is 0 Å². The molecule has 0 amide bonds. The van der Waals surface area contributed by atoms with Crippen LogP contribution in [-0.2, 0) is 0 Å². The molecule has 0 bridgehead atoms. The first-order chi connectivity index (χ1) is 19.3. The van der Waals surface area contributed by atoms with Crippen molar-refractivity contribution in [3.63, 3.8) is 0 Å². The summed E-state index contributed by atoms with van der Waals surface area (Å²) in [5.74, 6) is 0. The summed E-state index contributed by atoms with van der Waals surface area (Å²) in [6.07, 6.45) is 0. The topological polar surface area (TPSA) is 9.86 Å². The lowest BCUT2D eigenvalue weighted by molar-refractivity contribution is 1.13. The van der Waals surface area contributed by atoms with Gasteiger partial charge in [0.15, 0.2) is 0 Å². The average Bonchev–Trinajstić information content (AvgIpc) is 3.63. The smallest absolute Gasteiger partial charge is 0.0548 e. The number of rotatable bonds is 2. The van der Waals surface area contributed by atoms with Crippen LogP contribution in [0.15, 0.2) is 133 Å². The molecule has 0 aliphatic rings. The Morgan fingerprint density at radius 3 is 1.49 bits per heavy atom. The largest absolute Gasteiger partial charge is 0.309 e. The maximum absolute atomic E-state index is 2.44. The van der Waals surface area contributed by atoms with Crippen LogP contribution in [0.1, 0.15) is 0 Å². The molecule has 6 aromatic carbocycles. The van der Waals surface area contributed by atoms with Crippen LogP contribution in [0.2, 0.25) is 0 Å². The maximum Gasteiger partial charge on any atom is 0.0548 e. The molecule has 0 atom stereocenters. The summed E-state index contributed by atoms with van der Waals surface area (Å²) in [4.78, 5) is 0. The maximum atomic E-state index is 2.44. The summed E-state index contributed by atoms with van der Waals surface area (Å²) < 4.78 is 7.51. The van der Waals surface area contributed by atoms with Crippen molar-refractivity contribution in [2.75, 3.05) is 0 Å². The Kier molecular flexibility index (Phi) is 4.24. The number of hydrogen-bond donors (Lipinski definition) is 0. The Bertz CT molecular complexity index is 2350. The first-order valence-electron chi connectivity index (χ1n) is 13.3. The zero-order valence-corrected chi connectivity index (χ0v) is 21.8. The zero-order chi connectivity index (χ0) is 25.5. The van der Waals surface area contributed by atoms with Gasteiger partial charge in [0.05, 0.1) is 22.1 Å². The van der Waals surface area contributed by atoms with Crippen molar-refractivity contribution in [1.82, 2.24) is 9.13 Å². The quantitative estimate of drug-likeness (QED) is 0.217. The van der Waals surface area contributed by atoms with Gasteiger partial charge in [0.1, 0.15) is 0 Å². The summed E-state index contributed by atoms with van der Waals surface area (Å²) in [6, 6.07) is 48.7. The molecule has 0 unspecified atom stereocenters. The first kappa shape index (κ1) is 21.1. The van der Waals surface area contributed by atoms with Crippen LogP contribution in [0.4, 0.5) is 0 Å². The highest BCUT2D eigenvalue weighted by atomic mass is 32.1. The highest BCUT2D eigenvalue weighted by Gasteiger charge is 2.17. The molecule has 9 rings (SSSR count). The number of aromatic nitrogens is 2. The molecule has 0 radical (unpaired) electrons. The molecule has 3 aromatic heterocycles. The average molecular weight is 515 g/mol. The molecule has 182 valence electrons. The predicted molar refractivity (Wildman–Crippen MR) is 168 cm³/mol. The third-order valence-corrected chi connectivity index (χ3v) is 9.23. The number of nitrogens with zero attached hydrogens (tertiary/aromatic N) is 2. The van der Waals surface area contributed by atoms with Crippen LogP contribution in [0.25, 0.3) is 75.2 Å². The standard InChI is InChI=1S/C36H22N2S/c1-5-16-31-25(12-1)26-13-2-6-17-32(26)37(31)23-10-9-11-24(20-23)38-33-18-7-3-14-27(33)29-22-36-30(21-34(29)38)28-15-4-8-19-35(28)39-36/h1-22H. The van der Waals surface area contributed by atoms with Crippen molar-refractivity contribution in [3.8, 4) is 11.4 Å². The minimum absolute atomic E-state index is 1.16. The lowest BCUT2D eigenvalue weighted by Gasteiger charge is -2.13. The third-order valence-electron chi connectivity index (χ3n) is 8.10. The fourth-order valence-corrected chi connectivity index (χ4v) is 7.56. The first-order valence-corrected chi connectivity index (χ1v) is 14.1. The van der Waals surface area contributed by atoms with Gasteiger partial charge in [-0.1, -0.05) is 78.9 Å².